The van der Waals surface area contributed by atoms with Crippen molar-refractivity contribution >= 4 is 43.6 Å². The lowest BCUT2D eigenvalue weighted by molar-refractivity contribution is -0.144. The molecule has 4 rings (SSSR count). The van der Waals surface area contributed by atoms with Crippen LogP contribution in [0.2, 0.25) is 0 Å². The molecule has 4 aromatic rings. The molecule has 0 spiro atoms. The summed E-state index contributed by atoms with van der Waals surface area (Å²) in [4.78, 5) is 24.6. The first kappa shape index (κ1) is 20.5. The number of fused-ring (bicyclic) bond motifs is 2. The number of carboxylic acid groups (broad SMARTS) is 1. The third kappa shape index (κ3) is 3.86. The number of aromatic amines is 1. The highest BCUT2D eigenvalue weighted by Crippen LogP contribution is 2.24. The second-order valence-electron chi connectivity index (χ2n) is 7.14. The van der Waals surface area contributed by atoms with Crippen molar-refractivity contribution < 1.29 is 23.1 Å². The fourth-order valence-corrected chi connectivity index (χ4v) is 4.78. The number of H-pyrrole nitrogens is 1. The maximum Gasteiger partial charge on any atom is 0.345 e. The van der Waals surface area contributed by atoms with Gasteiger partial charge in [-0.15, -0.1) is 0 Å². The molecule has 10 heteroatoms. The number of sulfonamides is 1. The Kier molecular flexibility index (Phi) is 4.96. The van der Waals surface area contributed by atoms with E-state index in [1.54, 1.807) is 42.5 Å². The quantitative estimate of drug-likeness (QED) is 0.340. The molecule has 0 radical (unpaired) electrons. The van der Waals surface area contributed by atoms with Crippen molar-refractivity contribution in [2.45, 2.75) is 17.5 Å². The summed E-state index contributed by atoms with van der Waals surface area (Å²) in [5.74, 6) is -2.32. The number of hydrogen-bond acceptors (Lipinski definition) is 5. The third-order valence-electron chi connectivity index (χ3n) is 4.87. The van der Waals surface area contributed by atoms with Crippen LogP contribution in [0.3, 0.4) is 0 Å². The van der Waals surface area contributed by atoms with Gasteiger partial charge in [-0.3, -0.25) is 9.89 Å². The summed E-state index contributed by atoms with van der Waals surface area (Å²) in [6, 6.07) is 16.1. The van der Waals surface area contributed by atoms with Gasteiger partial charge in [0.15, 0.2) is 0 Å². The predicted octanol–water partition coefficient (Wildman–Crippen LogP) is 2.23. The Hall–Kier alpha value is -3.76. The minimum absolute atomic E-state index is 0.0906. The number of carbonyl (C=O) groups excluding carboxylic acids is 1. The van der Waals surface area contributed by atoms with E-state index in [0.29, 0.717) is 21.7 Å². The molecule has 3 aromatic carbocycles. The van der Waals surface area contributed by atoms with Crippen LogP contribution in [-0.4, -0.2) is 41.3 Å². The van der Waals surface area contributed by atoms with Crippen LogP contribution in [0, 0.1) is 0 Å². The molecule has 9 nitrogen and oxygen atoms in total. The lowest BCUT2D eigenvalue weighted by Gasteiger charge is -2.27. The average Bonchev–Trinajstić information content (AvgIpc) is 3.20. The molecule has 0 aliphatic carbocycles. The minimum atomic E-state index is -4.30. The third-order valence-corrected chi connectivity index (χ3v) is 6.48. The number of nitrogens with one attached hydrogen (secondary N) is 3. The van der Waals surface area contributed by atoms with Crippen molar-refractivity contribution in [2.24, 2.45) is 0 Å². The van der Waals surface area contributed by atoms with Gasteiger partial charge in [-0.1, -0.05) is 36.4 Å². The Morgan fingerprint density at radius 1 is 1.03 bits per heavy atom. The summed E-state index contributed by atoms with van der Waals surface area (Å²) < 4.78 is 28.3. The highest BCUT2D eigenvalue weighted by atomic mass is 32.2. The van der Waals surface area contributed by atoms with E-state index < -0.39 is 27.6 Å². The van der Waals surface area contributed by atoms with Gasteiger partial charge in [0.1, 0.15) is 0 Å². The molecule has 1 unspecified atom stereocenters. The van der Waals surface area contributed by atoms with Crippen LogP contribution < -0.4 is 10.0 Å². The maximum absolute atomic E-state index is 13.1. The van der Waals surface area contributed by atoms with Gasteiger partial charge in [0, 0.05) is 16.3 Å². The molecular formula is C21H18N4O5S. The monoisotopic (exact) mass is 438 g/mol. The van der Waals surface area contributed by atoms with Gasteiger partial charge in [-0.2, -0.15) is 9.82 Å². The second kappa shape index (κ2) is 7.49. The van der Waals surface area contributed by atoms with Crippen LogP contribution in [0.5, 0.6) is 0 Å². The molecule has 0 saturated carbocycles. The van der Waals surface area contributed by atoms with Crippen LogP contribution >= 0.6 is 0 Å². The van der Waals surface area contributed by atoms with Gasteiger partial charge in [0.05, 0.1) is 16.6 Å². The molecule has 1 atom stereocenters. The Bertz CT molecular complexity index is 1420. The number of carbonyl (C=O) groups is 2. The molecular weight excluding hydrogens is 420 g/mol. The van der Waals surface area contributed by atoms with E-state index in [9.17, 15) is 23.1 Å². The summed E-state index contributed by atoms with van der Waals surface area (Å²) in [5.41, 5.74) is -1.43. The summed E-state index contributed by atoms with van der Waals surface area (Å²) >= 11 is 0. The Balaban J connectivity index is 1.67. The largest absolute Gasteiger partial charge is 0.478 e. The zero-order valence-corrected chi connectivity index (χ0v) is 17.1. The molecule has 1 heterocycles. The van der Waals surface area contributed by atoms with Crippen LogP contribution in [-0.2, 0) is 14.8 Å². The number of amides is 1. The molecule has 158 valence electrons. The van der Waals surface area contributed by atoms with E-state index in [1.807, 2.05) is 0 Å². The van der Waals surface area contributed by atoms with E-state index in [0.717, 1.165) is 6.92 Å². The number of aliphatic carboxylic acids is 1. The Morgan fingerprint density at radius 2 is 1.77 bits per heavy atom. The van der Waals surface area contributed by atoms with E-state index in [4.69, 9.17) is 0 Å². The summed E-state index contributed by atoms with van der Waals surface area (Å²) in [5, 5.41) is 20.4. The number of nitrogens with zero attached hydrogens (tertiary/aromatic N) is 1. The van der Waals surface area contributed by atoms with Gasteiger partial charge >= 0.3 is 5.97 Å². The lowest BCUT2D eigenvalue weighted by Crippen LogP contribution is -2.63. The van der Waals surface area contributed by atoms with Gasteiger partial charge in [-0.25, -0.2) is 13.2 Å². The molecule has 0 saturated heterocycles. The highest BCUT2D eigenvalue weighted by molar-refractivity contribution is 7.89. The van der Waals surface area contributed by atoms with Gasteiger partial charge in [0.25, 0.3) is 5.91 Å². The van der Waals surface area contributed by atoms with Crippen LogP contribution in [0.4, 0.5) is 0 Å². The van der Waals surface area contributed by atoms with Gasteiger partial charge in [0.2, 0.25) is 15.7 Å². The van der Waals surface area contributed by atoms with Crippen LogP contribution in [0.25, 0.3) is 21.7 Å². The van der Waals surface area contributed by atoms with E-state index in [-0.39, 0.29) is 10.5 Å². The van der Waals surface area contributed by atoms with Crippen molar-refractivity contribution in [3.05, 3.63) is 72.4 Å². The topological polar surface area (TPSA) is 141 Å². The van der Waals surface area contributed by atoms with Crippen LogP contribution in [0.1, 0.15) is 17.3 Å². The van der Waals surface area contributed by atoms with Crippen LogP contribution in [0.15, 0.2) is 71.8 Å². The predicted molar refractivity (Wildman–Crippen MR) is 114 cm³/mol. The molecule has 0 bridgehead atoms. The molecule has 4 N–H and O–H groups in total. The van der Waals surface area contributed by atoms with E-state index in [2.05, 4.69) is 20.2 Å². The Labute approximate surface area is 177 Å². The standard InChI is InChI=1S/C21H18N4O5S/c1-21(20(27)28,23-19(26)14-9-10-17-15(11-14)12-22-24-17)25-31(29,30)18-8-4-6-13-5-2-3-7-16(13)18/h2-12,25H,1H3,(H,22,24)(H,23,26)(H,27,28). The van der Waals surface area contributed by atoms with Crippen molar-refractivity contribution in [1.29, 1.82) is 0 Å². The molecule has 0 aliphatic rings. The summed E-state index contributed by atoms with van der Waals surface area (Å²) in [7, 11) is -4.30. The van der Waals surface area contributed by atoms with E-state index >= 15 is 0 Å². The highest BCUT2D eigenvalue weighted by Gasteiger charge is 2.40. The SMILES string of the molecule is CC(NC(=O)c1ccc2[nH]ncc2c1)(NS(=O)(=O)c1cccc2ccccc12)C(=O)O. The number of carboxylic acids is 1. The molecule has 1 amide bonds. The first-order valence-electron chi connectivity index (χ1n) is 9.20. The van der Waals surface area contributed by atoms with Gasteiger partial charge in [-0.05, 0) is 36.6 Å². The molecule has 0 fully saturated rings. The number of aromatic nitrogens is 2. The lowest BCUT2D eigenvalue weighted by atomic mass is 10.1. The minimum Gasteiger partial charge on any atom is -0.478 e. The number of hydrogen-bond donors (Lipinski definition) is 4. The molecule has 0 aliphatic heterocycles. The van der Waals surface area contributed by atoms with Crippen molar-refractivity contribution in [3.63, 3.8) is 0 Å². The summed E-state index contributed by atoms with van der Waals surface area (Å²) in [6.45, 7) is 1.08. The molecule has 31 heavy (non-hydrogen) atoms. The fraction of sp³-hybridized carbons (Fsp3) is 0.0952. The first-order chi connectivity index (χ1) is 14.7. The number of rotatable bonds is 6. The second-order valence-corrected chi connectivity index (χ2v) is 8.79. The zero-order valence-electron chi connectivity index (χ0n) is 16.3. The van der Waals surface area contributed by atoms with Crippen molar-refractivity contribution in [3.8, 4) is 0 Å². The normalized spacial score (nSPS) is 13.7. The smallest absolute Gasteiger partial charge is 0.345 e. The maximum atomic E-state index is 13.1. The van der Waals surface area contributed by atoms with Crippen molar-refractivity contribution in [2.75, 3.05) is 0 Å². The zero-order chi connectivity index (χ0) is 22.2. The fourth-order valence-electron chi connectivity index (χ4n) is 3.26. The van der Waals surface area contributed by atoms with Gasteiger partial charge < -0.3 is 10.4 Å². The average molecular weight is 438 g/mol. The van der Waals surface area contributed by atoms with E-state index in [1.165, 1.54) is 24.4 Å². The summed E-state index contributed by atoms with van der Waals surface area (Å²) in [6.07, 6.45) is 1.52. The molecule has 1 aromatic heterocycles. The Morgan fingerprint density at radius 3 is 2.55 bits per heavy atom. The first-order valence-corrected chi connectivity index (χ1v) is 10.7. The number of benzene rings is 3. The van der Waals surface area contributed by atoms with Crippen molar-refractivity contribution in [1.82, 2.24) is 20.2 Å².